The van der Waals surface area contributed by atoms with E-state index in [-0.39, 0.29) is 5.91 Å². The number of anilines is 2. The fourth-order valence-electron chi connectivity index (χ4n) is 2.64. The van der Waals surface area contributed by atoms with Crippen LogP contribution in [0.1, 0.15) is 16.1 Å². The van der Waals surface area contributed by atoms with Crippen molar-refractivity contribution in [3.8, 4) is 0 Å². The lowest BCUT2D eigenvalue weighted by atomic mass is 10.2. The molecule has 0 atom stereocenters. The highest BCUT2D eigenvalue weighted by molar-refractivity contribution is 6.07. The van der Waals surface area contributed by atoms with Gasteiger partial charge in [-0.1, -0.05) is 0 Å². The lowest BCUT2D eigenvalue weighted by molar-refractivity contribution is 0.102. The molecule has 0 radical (unpaired) electrons. The van der Waals surface area contributed by atoms with Gasteiger partial charge >= 0.3 is 0 Å². The Hall–Kier alpha value is -3.74. The third-order valence-electron chi connectivity index (χ3n) is 3.95. The summed E-state index contributed by atoms with van der Waals surface area (Å²) >= 11 is 0. The van der Waals surface area contributed by atoms with Gasteiger partial charge in [0.25, 0.3) is 5.91 Å². The SMILES string of the molecule is O=C(Nc1ccc2[nH]ncc2c1)c1ncccc1NCc1ccncc1. The first-order valence-corrected chi connectivity index (χ1v) is 8.12. The van der Waals surface area contributed by atoms with E-state index in [1.165, 1.54) is 0 Å². The molecular formula is C19H16N6O. The maximum absolute atomic E-state index is 12.7. The van der Waals surface area contributed by atoms with Crippen LogP contribution < -0.4 is 10.6 Å². The van der Waals surface area contributed by atoms with Gasteiger partial charge in [0, 0.05) is 36.2 Å². The van der Waals surface area contributed by atoms with Gasteiger partial charge in [0.2, 0.25) is 0 Å². The molecule has 7 nitrogen and oxygen atoms in total. The summed E-state index contributed by atoms with van der Waals surface area (Å²) < 4.78 is 0. The zero-order chi connectivity index (χ0) is 17.8. The van der Waals surface area contributed by atoms with Gasteiger partial charge in [-0.05, 0) is 48.0 Å². The van der Waals surface area contributed by atoms with Gasteiger partial charge in [0.1, 0.15) is 0 Å². The van der Waals surface area contributed by atoms with Crippen LogP contribution in [0.5, 0.6) is 0 Å². The molecule has 0 saturated carbocycles. The second kappa shape index (κ2) is 7.02. The highest BCUT2D eigenvalue weighted by Gasteiger charge is 2.13. The largest absolute Gasteiger partial charge is 0.379 e. The number of carbonyl (C=O) groups is 1. The third kappa shape index (κ3) is 3.36. The summed E-state index contributed by atoms with van der Waals surface area (Å²) in [5.74, 6) is -0.273. The number of nitrogens with one attached hydrogen (secondary N) is 3. The Morgan fingerprint density at radius 3 is 2.85 bits per heavy atom. The quantitative estimate of drug-likeness (QED) is 0.517. The van der Waals surface area contributed by atoms with Gasteiger partial charge in [0.05, 0.1) is 17.4 Å². The summed E-state index contributed by atoms with van der Waals surface area (Å²) in [7, 11) is 0. The van der Waals surface area contributed by atoms with Gasteiger partial charge in [-0.3, -0.25) is 14.9 Å². The fraction of sp³-hybridized carbons (Fsp3) is 0.0526. The number of nitrogens with zero attached hydrogens (tertiary/aromatic N) is 3. The van der Waals surface area contributed by atoms with Gasteiger partial charge < -0.3 is 10.6 Å². The molecule has 0 saturated heterocycles. The van der Waals surface area contributed by atoms with E-state index in [0.717, 1.165) is 16.5 Å². The van der Waals surface area contributed by atoms with Gasteiger partial charge in [-0.2, -0.15) is 5.10 Å². The number of aromatic nitrogens is 4. The molecule has 7 heteroatoms. The number of pyridine rings is 2. The Kier molecular flexibility index (Phi) is 4.26. The van der Waals surface area contributed by atoms with Crippen LogP contribution in [0.4, 0.5) is 11.4 Å². The van der Waals surface area contributed by atoms with Crippen LogP contribution >= 0.6 is 0 Å². The zero-order valence-corrected chi connectivity index (χ0v) is 13.8. The van der Waals surface area contributed by atoms with E-state index in [4.69, 9.17) is 0 Å². The Labute approximate surface area is 149 Å². The number of benzene rings is 1. The van der Waals surface area contributed by atoms with Crippen molar-refractivity contribution in [3.05, 3.63) is 78.5 Å². The monoisotopic (exact) mass is 344 g/mol. The van der Waals surface area contributed by atoms with Crippen molar-refractivity contribution in [1.82, 2.24) is 20.2 Å². The van der Waals surface area contributed by atoms with Gasteiger partial charge in [-0.15, -0.1) is 0 Å². The smallest absolute Gasteiger partial charge is 0.276 e. The maximum atomic E-state index is 12.7. The van der Waals surface area contributed by atoms with Crippen LogP contribution in [0.3, 0.4) is 0 Å². The Morgan fingerprint density at radius 2 is 1.96 bits per heavy atom. The van der Waals surface area contributed by atoms with E-state index < -0.39 is 0 Å². The van der Waals surface area contributed by atoms with Crippen LogP contribution in [-0.2, 0) is 6.54 Å². The molecule has 4 rings (SSSR count). The summed E-state index contributed by atoms with van der Waals surface area (Å²) in [6.07, 6.45) is 6.79. The minimum absolute atomic E-state index is 0.273. The van der Waals surface area contributed by atoms with Crippen molar-refractivity contribution in [1.29, 1.82) is 0 Å². The second-order valence-corrected chi connectivity index (χ2v) is 5.73. The number of carbonyl (C=O) groups excluding carboxylic acids is 1. The van der Waals surface area contributed by atoms with Gasteiger partial charge in [0.15, 0.2) is 5.69 Å². The average Bonchev–Trinajstić information content (AvgIpc) is 3.15. The number of hydrogen-bond donors (Lipinski definition) is 3. The molecule has 0 fully saturated rings. The maximum Gasteiger partial charge on any atom is 0.276 e. The summed E-state index contributed by atoms with van der Waals surface area (Å²) in [6.45, 7) is 0.579. The highest BCUT2D eigenvalue weighted by atomic mass is 16.1. The number of rotatable bonds is 5. The predicted molar refractivity (Wildman–Crippen MR) is 99.8 cm³/mol. The van der Waals surface area contributed by atoms with Crippen LogP contribution in [0.2, 0.25) is 0 Å². The van der Waals surface area contributed by atoms with Crippen molar-refractivity contribution >= 4 is 28.2 Å². The number of aromatic amines is 1. The number of amides is 1. The van der Waals surface area contributed by atoms with E-state index in [9.17, 15) is 4.79 Å². The lowest BCUT2D eigenvalue weighted by Crippen LogP contribution is -2.16. The van der Waals surface area contributed by atoms with Crippen molar-refractivity contribution in [3.63, 3.8) is 0 Å². The summed E-state index contributed by atoms with van der Waals surface area (Å²) in [4.78, 5) is 20.9. The molecule has 0 unspecified atom stereocenters. The van der Waals surface area contributed by atoms with E-state index in [2.05, 4.69) is 30.8 Å². The van der Waals surface area contributed by atoms with Crippen LogP contribution in [0.25, 0.3) is 10.9 Å². The molecule has 3 aromatic heterocycles. The summed E-state index contributed by atoms with van der Waals surface area (Å²) in [5, 5.41) is 13.9. The Morgan fingerprint density at radius 1 is 1.08 bits per heavy atom. The predicted octanol–water partition coefficient (Wildman–Crippen LogP) is 3.22. The molecule has 1 aromatic carbocycles. The van der Waals surface area contributed by atoms with E-state index >= 15 is 0 Å². The zero-order valence-electron chi connectivity index (χ0n) is 13.8. The number of fused-ring (bicyclic) bond motifs is 1. The minimum atomic E-state index is -0.273. The van der Waals surface area contributed by atoms with E-state index in [0.29, 0.717) is 23.6 Å². The fourth-order valence-corrected chi connectivity index (χ4v) is 2.64. The first-order chi connectivity index (χ1) is 12.8. The molecular weight excluding hydrogens is 328 g/mol. The topological polar surface area (TPSA) is 95.6 Å². The first kappa shape index (κ1) is 15.8. The molecule has 0 bridgehead atoms. The third-order valence-corrected chi connectivity index (χ3v) is 3.95. The number of H-pyrrole nitrogens is 1. The Bertz CT molecular complexity index is 1040. The molecule has 0 aliphatic carbocycles. The summed E-state index contributed by atoms with van der Waals surface area (Å²) in [5.41, 5.74) is 3.69. The molecule has 0 aliphatic rings. The minimum Gasteiger partial charge on any atom is -0.379 e. The first-order valence-electron chi connectivity index (χ1n) is 8.12. The van der Waals surface area contributed by atoms with Crippen LogP contribution in [-0.4, -0.2) is 26.1 Å². The number of hydrogen-bond acceptors (Lipinski definition) is 5. The molecule has 3 N–H and O–H groups in total. The van der Waals surface area contributed by atoms with E-state index in [1.807, 2.05) is 36.4 Å². The van der Waals surface area contributed by atoms with E-state index in [1.54, 1.807) is 30.9 Å². The molecule has 4 aromatic rings. The molecule has 0 aliphatic heterocycles. The summed E-state index contributed by atoms with van der Waals surface area (Å²) in [6, 6.07) is 13.0. The molecule has 26 heavy (non-hydrogen) atoms. The molecule has 3 heterocycles. The Balaban J connectivity index is 1.52. The van der Waals surface area contributed by atoms with Crippen molar-refractivity contribution in [2.45, 2.75) is 6.54 Å². The standard InChI is InChI=1S/C19H16N6O/c26-19(24-15-3-4-16-14(10-15)12-23-25-16)18-17(2-1-7-21-18)22-11-13-5-8-20-9-6-13/h1-10,12,22H,11H2,(H,23,25)(H,24,26). The van der Waals surface area contributed by atoms with Crippen LogP contribution in [0, 0.1) is 0 Å². The molecule has 0 spiro atoms. The van der Waals surface area contributed by atoms with Crippen molar-refractivity contribution in [2.24, 2.45) is 0 Å². The second-order valence-electron chi connectivity index (χ2n) is 5.73. The average molecular weight is 344 g/mol. The lowest BCUT2D eigenvalue weighted by Gasteiger charge is -2.11. The highest BCUT2D eigenvalue weighted by Crippen LogP contribution is 2.19. The van der Waals surface area contributed by atoms with Crippen molar-refractivity contribution < 1.29 is 4.79 Å². The van der Waals surface area contributed by atoms with Gasteiger partial charge in [-0.25, -0.2) is 4.98 Å². The van der Waals surface area contributed by atoms with Crippen molar-refractivity contribution in [2.75, 3.05) is 10.6 Å². The molecule has 128 valence electrons. The molecule has 1 amide bonds. The normalized spacial score (nSPS) is 10.6. The van der Waals surface area contributed by atoms with Crippen LogP contribution in [0.15, 0.2) is 67.3 Å².